The molecular weight excluding hydrogens is 371 g/mol. The molecule has 2 rings (SSSR count). The van der Waals surface area contributed by atoms with E-state index in [1.54, 1.807) is 26.2 Å². The van der Waals surface area contributed by atoms with Gasteiger partial charge in [-0.1, -0.05) is 21.6 Å². The van der Waals surface area contributed by atoms with Crippen molar-refractivity contribution in [2.75, 3.05) is 0 Å². The summed E-state index contributed by atoms with van der Waals surface area (Å²) in [5.74, 6) is 1.22. The normalized spacial score (nSPS) is 10.6. The molecule has 0 saturated heterocycles. The first-order valence-electron chi connectivity index (χ1n) is 7.28. The van der Waals surface area contributed by atoms with Gasteiger partial charge in [-0.25, -0.2) is 0 Å². The van der Waals surface area contributed by atoms with Crippen LogP contribution in [-0.4, -0.2) is 60.0 Å². The van der Waals surface area contributed by atoms with E-state index in [0.29, 0.717) is 34.0 Å². The summed E-state index contributed by atoms with van der Waals surface area (Å²) in [6.07, 6.45) is 3.32. The Morgan fingerprint density at radius 1 is 0.800 bits per heavy atom. The van der Waals surface area contributed by atoms with Gasteiger partial charge in [-0.05, 0) is 25.0 Å². The second-order valence-corrected chi connectivity index (χ2v) is 7.70. The quantitative estimate of drug-likeness (QED) is 0.322. The molecule has 6 nitrogen and oxygen atoms in total. The summed E-state index contributed by atoms with van der Waals surface area (Å²) in [5, 5.41) is 38.7. The number of rotatable bonds is 7. The summed E-state index contributed by atoms with van der Waals surface area (Å²) in [6.45, 7) is 2.90. The van der Waals surface area contributed by atoms with Crippen LogP contribution in [0.3, 0.4) is 0 Å². The van der Waals surface area contributed by atoms with E-state index >= 15 is 0 Å². The van der Waals surface area contributed by atoms with Gasteiger partial charge in [0.15, 0.2) is 0 Å². The molecular formula is C16H21N2NaO4S2. The van der Waals surface area contributed by atoms with Crippen molar-refractivity contribution in [3.63, 3.8) is 0 Å². The second-order valence-electron chi connectivity index (χ2n) is 5.23. The molecule has 0 radical (unpaired) electrons. The Kier molecular flexibility index (Phi) is 9.58. The van der Waals surface area contributed by atoms with E-state index in [9.17, 15) is 20.4 Å². The van der Waals surface area contributed by atoms with E-state index in [-0.39, 0.29) is 54.3 Å². The third-order valence-electron chi connectivity index (χ3n) is 3.69. The molecule has 0 fully saturated rings. The first kappa shape index (κ1) is 22.6. The Morgan fingerprint density at radius 3 is 1.48 bits per heavy atom. The first-order valence-corrected chi connectivity index (χ1v) is 9.77. The second kappa shape index (κ2) is 10.6. The minimum atomic E-state index is -0.236. The molecule has 0 aromatic carbocycles. The van der Waals surface area contributed by atoms with E-state index in [0.717, 1.165) is 11.1 Å². The van der Waals surface area contributed by atoms with Crippen molar-refractivity contribution < 1.29 is 20.4 Å². The van der Waals surface area contributed by atoms with Crippen molar-refractivity contribution >= 4 is 51.1 Å². The van der Waals surface area contributed by atoms with Crippen molar-refractivity contribution in [3.8, 4) is 11.5 Å². The van der Waals surface area contributed by atoms with Crippen LogP contribution in [-0.2, 0) is 24.7 Å². The SMILES string of the molecule is Cc1ncc(CSSCc2cnc(C)c(O)c2CO)c(CO)c1O.[NaH]. The number of aryl methyl sites for hydroxylation is 2. The molecule has 4 N–H and O–H groups in total. The van der Waals surface area contributed by atoms with Gasteiger partial charge in [-0.2, -0.15) is 0 Å². The summed E-state index contributed by atoms with van der Waals surface area (Å²) in [6, 6.07) is 0. The molecule has 0 atom stereocenters. The zero-order valence-electron chi connectivity index (χ0n) is 13.5. The molecule has 0 aliphatic heterocycles. The number of aromatic nitrogens is 2. The standard InChI is InChI=1S/C16H20N2O4S2.Na.H/c1-9-15(21)13(5-19)11(3-17-9)7-23-24-8-12-4-18-10(2)16(22)14(12)6-20;;/h3-4,19-22H,5-8H2,1-2H3;;. The zero-order valence-corrected chi connectivity index (χ0v) is 15.1. The van der Waals surface area contributed by atoms with E-state index < -0.39 is 0 Å². The molecule has 0 amide bonds. The van der Waals surface area contributed by atoms with Crippen LogP contribution in [0, 0.1) is 13.8 Å². The van der Waals surface area contributed by atoms with E-state index in [2.05, 4.69) is 9.97 Å². The van der Waals surface area contributed by atoms with Crippen LogP contribution in [0.15, 0.2) is 12.4 Å². The zero-order chi connectivity index (χ0) is 17.7. The predicted octanol–water partition coefficient (Wildman–Crippen LogP) is 1.92. The summed E-state index contributed by atoms with van der Waals surface area (Å²) in [7, 11) is 3.08. The number of hydrogen-bond donors (Lipinski definition) is 4. The Morgan fingerprint density at radius 2 is 1.16 bits per heavy atom. The van der Waals surface area contributed by atoms with Gasteiger partial charge in [-0.3, -0.25) is 9.97 Å². The molecule has 2 aromatic heterocycles. The number of nitrogens with zero attached hydrogens (tertiary/aromatic N) is 2. The maximum atomic E-state index is 9.94. The Hall–Kier alpha value is -0.480. The van der Waals surface area contributed by atoms with Crippen molar-refractivity contribution in [1.82, 2.24) is 9.97 Å². The summed E-state index contributed by atoms with van der Waals surface area (Å²) in [5.41, 5.74) is 3.56. The summed E-state index contributed by atoms with van der Waals surface area (Å²) in [4.78, 5) is 8.23. The Labute approximate surface area is 176 Å². The van der Waals surface area contributed by atoms with E-state index in [1.165, 1.54) is 21.6 Å². The van der Waals surface area contributed by atoms with E-state index in [1.807, 2.05) is 0 Å². The van der Waals surface area contributed by atoms with Crippen LogP contribution < -0.4 is 0 Å². The molecule has 0 spiro atoms. The minimum absolute atomic E-state index is 0. The van der Waals surface area contributed by atoms with Gasteiger partial charge in [0.25, 0.3) is 0 Å². The fourth-order valence-corrected chi connectivity index (χ4v) is 4.36. The maximum absolute atomic E-state index is 9.94. The van der Waals surface area contributed by atoms with Crippen LogP contribution in [0.5, 0.6) is 11.5 Å². The van der Waals surface area contributed by atoms with Gasteiger partial charge < -0.3 is 20.4 Å². The van der Waals surface area contributed by atoms with Crippen LogP contribution in [0.2, 0.25) is 0 Å². The number of aliphatic hydroxyl groups excluding tert-OH is 2. The fraction of sp³-hybridized carbons (Fsp3) is 0.375. The molecule has 0 aliphatic carbocycles. The van der Waals surface area contributed by atoms with Gasteiger partial charge >= 0.3 is 29.6 Å². The third kappa shape index (κ3) is 5.50. The third-order valence-corrected chi connectivity index (χ3v) is 5.92. The van der Waals surface area contributed by atoms with Gasteiger partial charge in [0.1, 0.15) is 11.5 Å². The number of aromatic hydroxyl groups is 2. The van der Waals surface area contributed by atoms with Gasteiger partial charge in [-0.15, -0.1) is 0 Å². The van der Waals surface area contributed by atoms with Crippen LogP contribution in [0.4, 0.5) is 0 Å². The number of hydrogen-bond acceptors (Lipinski definition) is 8. The molecule has 9 heteroatoms. The average molecular weight is 392 g/mol. The predicted molar refractivity (Wildman–Crippen MR) is 103 cm³/mol. The van der Waals surface area contributed by atoms with Crippen LogP contribution >= 0.6 is 21.6 Å². The Bertz CT molecular complexity index is 670. The van der Waals surface area contributed by atoms with Gasteiger partial charge in [0, 0.05) is 35.0 Å². The number of aliphatic hydroxyl groups is 2. The molecule has 0 unspecified atom stereocenters. The monoisotopic (exact) mass is 392 g/mol. The van der Waals surface area contributed by atoms with Gasteiger partial charge in [0.05, 0.1) is 24.6 Å². The molecule has 2 aromatic rings. The molecule has 132 valence electrons. The molecule has 2 heterocycles. The molecule has 0 bridgehead atoms. The topological polar surface area (TPSA) is 107 Å². The molecule has 25 heavy (non-hydrogen) atoms. The van der Waals surface area contributed by atoms with Crippen LogP contribution in [0.1, 0.15) is 33.6 Å². The van der Waals surface area contributed by atoms with Crippen LogP contribution in [0.25, 0.3) is 0 Å². The van der Waals surface area contributed by atoms with E-state index in [4.69, 9.17) is 0 Å². The van der Waals surface area contributed by atoms with Gasteiger partial charge in [0.2, 0.25) is 0 Å². The average Bonchev–Trinajstić information content (AvgIpc) is 2.58. The first-order chi connectivity index (χ1) is 11.5. The summed E-state index contributed by atoms with van der Waals surface area (Å²) < 4.78 is 0. The van der Waals surface area contributed by atoms with Crippen molar-refractivity contribution in [2.24, 2.45) is 0 Å². The molecule has 0 saturated carbocycles. The summed E-state index contributed by atoms with van der Waals surface area (Å²) >= 11 is 0. The number of pyridine rings is 2. The van der Waals surface area contributed by atoms with Crippen molar-refractivity contribution in [1.29, 1.82) is 0 Å². The van der Waals surface area contributed by atoms with Crippen molar-refractivity contribution in [2.45, 2.75) is 38.6 Å². The fourth-order valence-electron chi connectivity index (χ4n) is 2.18. The molecule has 0 aliphatic rings. The van der Waals surface area contributed by atoms with Crippen molar-refractivity contribution in [3.05, 3.63) is 46.0 Å². The Balaban J connectivity index is 0.00000312.